The van der Waals surface area contributed by atoms with Crippen LogP contribution in [0.2, 0.25) is 0 Å². The molecular formula is C21H27N3O7. The van der Waals surface area contributed by atoms with Gasteiger partial charge in [-0.3, -0.25) is 19.2 Å². The van der Waals surface area contributed by atoms with Crippen molar-refractivity contribution in [2.75, 3.05) is 6.61 Å². The quantitative estimate of drug-likeness (QED) is 0.372. The summed E-state index contributed by atoms with van der Waals surface area (Å²) in [6, 6.07) is 5.96. The Labute approximate surface area is 179 Å². The first-order chi connectivity index (χ1) is 14.7. The summed E-state index contributed by atoms with van der Waals surface area (Å²) in [7, 11) is 0. The molecule has 31 heavy (non-hydrogen) atoms. The third-order valence-corrected chi connectivity index (χ3v) is 4.85. The monoisotopic (exact) mass is 433 g/mol. The van der Waals surface area contributed by atoms with E-state index in [0.717, 1.165) is 5.56 Å². The molecule has 3 amide bonds. The molecule has 0 bridgehead atoms. The Morgan fingerprint density at radius 1 is 1.10 bits per heavy atom. The zero-order chi connectivity index (χ0) is 23.0. The summed E-state index contributed by atoms with van der Waals surface area (Å²) < 4.78 is 4.84. The number of ether oxygens (including phenoxy) is 1. The second-order valence-corrected chi connectivity index (χ2v) is 7.36. The summed E-state index contributed by atoms with van der Waals surface area (Å²) in [5.41, 5.74) is 0.874. The van der Waals surface area contributed by atoms with E-state index in [1.165, 1.54) is 6.92 Å². The lowest BCUT2D eigenvalue weighted by Crippen LogP contribution is -2.63. The maximum absolute atomic E-state index is 12.4. The van der Waals surface area contributed by atoms with Crippen molar-refractivity contribution in [3.05, 3.63) is 35.9 Å². The van der Waals surface area contributed by atoms with E-state index in [2.05, 4.69) is 16.0 Å². The molecule has 1 heterocycles. The summed E-state index contributed by atoms with van der Waals surface area (Å²) in [6.45, 7) is 3.30. The fourth-order valence-electron chi connectivity index (χ4n) is 3.21. The van der Waals surface area contributed by atoms with Crippen LogP contribution >= 0.6 is 0 Å². The highest BCUT2D eigenvalue weighted by molar-refractivity contribution is 5.99. The molecule has 2 rings (SSSR count). The Balaban J connectivity index is 1.90. The Morgan fingerprint density at radius 3 is 2.32 bits per heavy atom. The van der Waals surface area contributed by atoms with Crippen molar-refractivity contribution in [1.82, 2.24) is 16.0 Å². The van der Waals surface area contributed by atoms with Gasteiger partial charge in [0, 0.05) is 6.42 Å². The first kappa shape index (κ1) is 23.8. The molecule has 0 saturated carbocycles. The van der Waals surface area contributed by atoms with Crippen molar-refractivity contribution in [2.45, 2.75) is 51.2 Å². The topological polar surface area (TPSA) is 151 Å². The van der Waals surface area contributed by atoms with Gasteiger partial charge in [-0.05, 0) is 18.9 Å². The lowest BCUT2D eigenvalue weighted by molar-refractivity contribution is -0.149. The van der Waals surface area contributed by atoms with E-state index in [4.69, 9.17) is 4.74 Å². The zero-order valence-electron chi connectivity index (χ0n) is 17.4. The summed E-state index contributed by atoms with van der Waals surface area (Å²) >= 11 is 0. The van der Waals surface area contributed by atoms with Gasteiger partial charge in [0.15, 0.2) is 0 Å². The van der Waals surface area contributed by atoms with E-state index < -0.39 is 60.1 Å². The molecule has 1 fully saturated rings. The third-order valence-electron chi connectivity index (χ3n) is 4.85. The zero-order valence-corrected chi connectivity index (χ0v) is 17.4. The number of hydrogen-bond acceptors (Lipinski definition) is 6. The van der Waals surface area contributed by atoms with E-state index in [1.807, 2.05) is 30.3 Å². The number of carbonyl (C=O) groups excluding carboxylic acids is 4. The van der Waals surface area contributed by atoms with Crippen LogP contribution in [0.3, 0.4) is 0 Å². The van der Waals surface area contributed by atoms with E-state index in [0.29, 0.717) is 6.42 Å². The van der Waals surface area contributed by atoms with Gasteiger partial charge < -0.3 is 25.8 Å². The fourth-order valence-corrected chi connectivity index (χ4v) is 3.21. The smallest absolute Gasteiger partial charge is 0.326 e. The van der Waals surface area contributed by atoms with E-state index in [1.54, 1.807) is 6.92 Å². The molecule has 1 saturated heterocycles. The maximum Gasteiger partial charge on any atom is 0.326 e. The highest BCUT2D eigenvalue weighted by atomic mass is 16.5. The van der Waals surface area contributed by atoms with Crippen molar-refractivity contribution in [3.63, 3.8) is 0 Å². The van der Waals surface area contributed by atoms with Gasteiger partial charge in [0.25, 0.3) is 0 Å². The van der Waals surface area contributed by atoms with Gasteiger partial charge in [0.1, 0.15) is 18.1 Å². The van der Waals surface area contributed by atoms with Crippen LogP contribution in [-0.4, -0.2) is 59.5 Å². The van der Waals surface area contributed by atoms with E-state index in [9.17, 15) is 29.1 Å². The van der Waals surface area contributed by atoms with E-state index >= 15 is 0 Å². The molecule has 0 spiro atoms. The third kappa shape index (κ3) is 7.09. The van der Waals surface area contributed by atoms with Crippen molar-refractivity contribution in [3.8, 4) is 0 Å². The van der Waals surface area contributed by atoms with Gasteiger partial charge in [-0.2, -0.15) is 0 Å². The number of piperazine rings is 1. The van der Waals surface area contributed by atoms with Crippen LogP contribution in [0.1, 0.15) is 32.3 Å². The second kappa shape index (κ2) is 11.1. The predicted molar refractivity (Wildman–Crippen MR) is 109 cm³/mol. The standard InChI is InChI=1S/C21H27N3O7/c1-3-31-21(30)12(2)9-16(20(28)29)22-17(25)11-15-19(27)23-14(18(26)24-15)10-13-7-5-4-6-8-13/h4-8,12,14-16H,3,9-11H2,1-2H3,(H,22,25)(H,23,27)(H,24,26)(H,28,29)/t12-,14-,15-,16+/m0/s1. The molecule has 168 valence electrons. The summed E-state index contributed by atoms with van der Waals surface area (Å²) in [5, 5.41) is 16.8. The first-order valence-electron chi connectivity index (χ1n) is 10.0. The number of nitrogens with one attached hydrogen (secondary N) is 3. The van der Waals surface area contributed by atoms with Crippen LogP contribution in [0.5, 0.6) is 0 Å². The van der Waals surface area contributed by atoms with Crippen LogP contribution in [-0.2, 0) is 35.1 Å². The molecule has 1 aliphatic heterocycles. The number of hydrogen-bond donors (Lipinski definition) is 4. The molecule has 0 unspecified atom stereocenters. The molecule has 1 aliphatic rings. The number of amides is 3. The summed E-state index contributed by atoms with van der Waals surface area (Å²) in [4.78, 5) is 60.2. The lowest BCUT2D eigenvalue weighted by Gasteiger charge is -2.29. The number of rotatable bonds is 10. The fraction of sp³-hybridized carbons (Fsp3) is 0.476. The molecule has 1 aromatic carbocycles. The van der Waals surface area contributed by atoms with Crippen molar-refractivity contribution >= 4 is 29.7 Å². The molecule has 10 nitrogen and oxygen atoms in total. The van der Waals surface area contributed by atoms with Gasteiger partial charge in [-0.1, -0.05) is 37.3 Å². The van der Waals surface area contributed by atoms with Crippen LogP contribution in [0.25, 0.3) is 0 Å². The minimum absolute atomic E-state index is 0.162. The van der Waals surface area contributed by atoms with Crippen LogP contribution < -0.4 is 16.0 Å². The van der Waals surface area contributed by atoms with Crippen LogP contribution in [0.4, 0.5) is 0 Å². The molecular weight excluding hydrogens is 406 g/mol. The Hall–Kier alpha value is -3.43. The van der Waals surface area contributed by atoms with Gasteiger partial charge in [0.2, 0.25) is 17.7 Å². The van der Waals surface area contributed by atoms with Gasteiger partial charge >= 0.3 is 11.9 Å². The highest BCUT2D eigenvalue weighted by Gasteiger charge is 2.35. The highest BCUT2D eigenvalue weighted by Crippen LogP contribution is 2.11. The van der Waals surface area contributed by atoms with Crippen molar-refractivity contribution in [1.29, 1.82) is 0 Å². The molecule has 0 aliphatic carbocycles. The normalized spacial score (nSPS) is 20.1. The minimum atomic E-state index is -1.33. The van der Waals surface area contributed by atoms with E-state index in [-0.39, 0.29) is 13.0 Å². The van der Waals surface area contributed by atoms with Gasteiger partial charge in [-0.25, -0.2) is 4.79 Å². The number of carboxylic acid groups (broad SMARTS) is 1. The van der Waals surface area contributed by atoms with Crippen LogP contribution in [0.15, 0.2) is 30.3 Å². The number of carboxylic acids is 1. The number of carbonyl (C=O) groups is 5. The molecule has 4 N–H and O–H groups in total. The van der Waals surface area contributed by atoms with Gasteiger partial charge in [0.05, 0.1) is 18.9 Å². The number of esters is 1. The molecule has 0 aromatic heterocycles. The predicted octanol–water partition coefficient (Wildman–Crippen LogP) is -0.239. The average molecular weight is 433 g/mol. The largest absolute Gasteiger partial charge is 0.480 e. The minimum Gasteiger partial charge on any atom is -0.480 e. The number of benzene rings is 1. The average Bonchev–Trinajstić information content (AvgIpc) is 2.72. The molecule has 4 atom stereocenters. The SMILES string of the molecule is CCOC(=O)[C@@H](C)C[C@@H](NC(=O)C[C@@H]1NC(=O)[C@H](Cc2ccccc2)NC1=O)C(=O)O. The summed E-state index contributed by atoms with van der Waals surface area (Å²) in [5.74, 6) is -4.30. The molecule has 1 aromatic rings. The van der Waals surface area contributed by atoms with Crippen molar-refractivity contribution in [2.24, 2.45) is 5.92 Å². The second-order valence-electron chi connectivity index (χ2n) is 7.36. The summed E-state index contributed by atoms with van der Waals surface area (Å²) in [6.07, 6.45) is -0.278. The van der Waals surface area contributed by atoms with Gasteiger partial charge in [-0.15, -0.1) is 0 Å². The Bertz CT molecular complexity index is 828. The Kier molecular flexibility index (Phi) is 8.53. The van der Waals surface area contributed by atoms with Crippen LogP contribution in [0, 0.1) is 5.92 Å². The maximum atomic E-state index is 12.4. The lowest BCUT2D eigenvalue weighted by atomic mass is 10.00. The molecule has 10 heteroatoms. The number of aliphatic carboxylic acids is 1. The van der Waals surface area contributed by atoms with Crippen molar-refractivity contribution < 1.29 is 33.8 Å². The first-order valence-corrected chi connectivity index (χ1v) is 10.0. The Morgan fingerprint density at radius 2 is 1.71 bits per heavy atom. The molecule has 0 radical (unpaired) electrons.